The van der Waals surface area contributed by atoms with Gasteiger partial charge in [0.25, 0.3) is 0 Å². The maximum atomic E-state index is 12.3. The third-order valence-corrected chi connectivity index (χ3v) is 4.53. The van der Waals surface area contributed by atoms with Gasteiger partial charge in [0.05, 0.1) is 11.0 Å². The van der Waals surface area contributed by atoms with Crippen LogP contribution in [0.3, 0.4) is 0 Å². The van der Waals surface area contributed by atoms with E-state index in [1.807, 2.05) is 6.07 Å². The van der Waals surface area contributed by atoms with E-state index in [4.69, 9.17) is 5.26 Å². The molecule has 0 radical (unpaired) electrons. The Morgan fingerprint density at radius 1 is 0.889 bits per heavy atom. The first-order valence-electron chi connectivity index (χ1n) is 5.40. The number of nitriles is 1. The summed E-state index contributed by atoms with van der Waals surface area (Å²) in [4.78, 5) is 0.167. The zero-order valence-electron chi connectivity index (χ0n) is 9.52. The van der Waals surface area contributed by atoms with Gasteiger partial charge >= 0.3 is 0 Å². The molecule has 90 valence electrons. The minimum Gasteiger partial charge on any atom is -0.222 e. The van der Waals surface area contributed by atoms with Crippen LogP contribution in [-0.4, -0.2) is 8.42 Å². The van der Waals surface area contributed by atoms with Crippen LogP contribution in [0.5, 0.6) is 0 Å². The topological polar surface area (TPSA) is 57.9 Å². The second-order valence-corrected chi connectivity index (χ2v) is 5.81. The first-order valence-corrected chi connectivity index (χ1v) is 6.94. The molecule has 0 spiro atoms. The van der Waals surface area contributed by atoms with Crippen LogP contribution >= 0.6 is 0 Å². The van der Waals surface area contributed by atoms with Gasteiger partial charge in [0.2, 0.25) is 0 Å². The fourth-order valence-corrected chi connectivity index (χ4v) is 3.16. The summed E-state index contributed by atoms with van der Waals surface area (Å²) < 4.78 is 24.7. The monoisotopic (exact) mass is 257 g/mol. The largest absolute Gasteiger partial charge is 0.222 e. The van der Waals surface area contributed by atoms with Crippen LogP contribution in [0.2, 0.25) is 0 Å². The van der Waals surface area contributed by atoms with Crippen molar-refractivity contribution in [2.45, 2.75) is 10.1 Å². The Kier molecular flexibility index (Phi) is 3.45. The van der Waals surface area contributed by atoms with Crippen LogP contribution in [0.1, 0.15) is 10.8 Å². The lowest BCUT2D eigenvalue weighted by atomic mass is 10.2. The number of benzene rings is 2. The summed E-state index contributed by atoms with van der Waals surface area (Å²) in [6, 6.07) is 18.4. The fraction of sp³-hybridized carbons (Fsp3) is 0.0714. The molecule has 0 bridgehead atoms. The highest BCUT2D eigenvalue weighted by Gasteiger charge is 2.28. The number of rotatable bonds is 3. The van der Waals surface area contributed by atoms with Crippen molar-refractivity contribution in [3.05, 3.63) is 66.2 Å². The maximum Gasteiger partial charge on any atom is 0.198 e. The van der Waals surface area contributed by atoms with Crippen molar-refractivity contribution in [1.29, 1.82) is 5.26 Å². The molecular weight excluding hydrogens is 246 g/mol. The molecule has 0 amide bonds. The molecule has 2 aromatic carbocycles. The van der Waals surface area contributed by atoms with E-state index in [-0.39, 0.29) is 4.90 Å². The van der Waals surface area contributed by atoms with Crippen LogP contribution in [0.25, 0.3) is 0 Å². The first-order chi connectivity index (χ1) is 8.66. The quantitative estimate of drug-likeness (QED) is 0.849. The summed E-state index contributed by atoms with van der Waals surface area (Å²) in [6.07, 6.45) is 0. The second kappa shape index (κ2) is 5.03. The maximum absolute atomic E-state index is 12.3. The van der Waals surface area contributed by atoms with Gasteiger partial charge in [-0.3, -0.25) is 0 Å². The van der Waals surface area contributed by atoms with E-state index in [0.717, 1.165) is 0 Å². The Bertz CT molecular complexity index is 658. The highest BCUT2D eigenvalue weighted by molar-refractivity contribution is 7.92. The summed E-state index contributed by atoms with van der Waals surface area (Å²) in [5, 5.41) is 7.98. The Labute approximate surface area is 106 Å². The van der Waals surface area contributed by atoms with Crippen molar-refractivity contribution in [3.8, 4) is 6.07 Å². The van der Waals surface area contributed by atoms with Crippen molar-refractivity contribution in [2.24, 2.45) is 0 Å². The van der Waals surface area contributed by atoms with Crippen molar-refractivity contribution in [2.75, 3.05) is 0 Å². The van der Waals surface area contributed by atoms with Crippen molar-refractivity contribution >= 4 is 9.84 Å². The third-order valence-electron chi connectivity index (χ3n) is 2.60. The minimum absolute atomic E-state index is 0.167. The van der Waals surface area contributed by atoms with Crippen LogP contribution in [0.4, 0.5) is 0 Å². The number of sulfone groups is 1. The Hall–Kier alpha value is -2.12. The van der Waals surface area contributed by atoms with E-state index in [1.165, 1.54) is 12.1 Å². The minimum atomic E-state index is -3.67. The van der Waals surface area contributed by atoms with Gasteiger partial charge in [0.1, 0.15) is 0 Å². The third kappa shape index (κ3) is 2.27. The molecular formula is C14H11NO2S. The normalized spacial score (nSPS) is 12.6. The van der Waals surface area contributed by atoms with Gasteiger partial charge in [-0.25, -0.2) is 8.42 Å². The van der Waals surface area contributed by atoms with Gasteiger partial charge < -0.3 is 0 Å². The summed E-state index contributed by atoms with van der Waals surface area (Å²) in [7, 11) is -3.67. The molecule has 18 heavy (non-hydrogen) atoms. The fourth-order valence-electron chi connectivity index (χ4n) is 1.70. The SMILES string of the molecule is N#C[C@H](c1ccccc1)S(=O)(=O)c1ccccc1. The van der Waals surface area contributed by atoms with Crippen molar-refractivity contribution < 1.29 is 8.42 Å². The predicted molar refractivity (Wildman–Crippen MR) is 68.4 cm³/mol. The predicted octanol–water partition coefficient (Wildman–Crippen LogP) is 2.73. The second-order valence-electron chi connectivity index (χ2n) is 3.78. The van der Waals surface area contributed by atoms with Crippen LogP contribution in [0.15, 0.2) is 65.6 Å². The number of hydrogen-bond donors (Lipinski definition) is 0. The van der Waals surface area contributed by atoms with E-state index < -0.39 is 15.1 Å². The van der Waals surface area contributed by atoms with Gasteiger partial charge in [-0.2, -0.15) is 5.26 Å². The number of nitrogens with zero attached hydrogens (tertiary/aromatic N) is 1. The standard InChI is InChI=1S/C14H11NO2S/c15-11-14(12-7-3-1-4-8-12)18(16,17)13-9-5-2-6-10-13/h1-10,14H/t14-/m1/s1. The average Bonchev–Trinajstić information content (AvgIpc) is 2.41. The molecule has 0 saturated heterocycles. The molecule has 0 aliphatic rings. The van der Waals surface area contributed by atoms with E-state index in [9.17, 15) is 8.42 Å². The molecule has 3 nitrogen and oxygen atoms in total. The Balaban J connectivity index is 2.50. The molecule has 1 atom stereocenters. The molecule has 2 aromatic rings. The lowest BCUT2D eigenvalue weighted by Gasteiger charge is -2.10. The highest BCUT2D eigenvalue weighted by atomic mass is 32.2. The van der Waals surface area contributed by atoms with E-state index in [0.29, 0.717) is 5.56 Å². The smallest absolute Gasteiger partial charge is 0.198 e. The average molecular weight is 257 g/mol. The zero-order valence-corrected chi connectivity index (χ0v) is 10.3. The van der Waals surface area contributed by atoms with Gasteiger partial charge in [0.15, 0.2) is 15.1 Å². The lowest BCUT2D eigenvalue weighted by Crippen LogP contribution is -2.12. The van der Waals surface area contributed by atoms with Gasteiger partial charge in [-0.05, 0) is 17.7 Å². The van der Waals surface area contributed by atoms with Crippen molar-refractivity contribution in [3.63, 3.8) is 0 Å². The highest BCUT2D eigenvalue weighted by Crippen LogP contribution is 2.27. The molecule has 2 rings (SSSR count). The van der Waals surface area contributed by atoms with Gasteiger partial charge in [-0.1, -0.05) is 48.5 Å². The molecule has 0 heterocycles. The zero-order chi connectivity index (χ0) is 13.0. The van der Waals surface area contributed by atoms with Gasteiger partial charge in [0, 0.05) is 0 Å². The van der Waals surface area contributed by atoms with Crippen LogP contribution in [-0.2, 0) is 9.84 Å². The number of hydrogen-bond acceptors (Lipinski definition) is 3. The van der Waals surface area contributed by atoms with E-state index in [1.54, 1.807) is 48.5 Å². The molecule has 0 aliphatic heterocycles. The summed E-state index contributed by atoms with van der Waals surface area (Å²) in [5.74, 6) is 0. The molecule has 0 aromatic heterocycles. The molecule has 0 fully saturated rings. The van der Waals surface area contributed by atoms with E-state index in [2.05, 4.69) is 0 Å². The summed E-state index contributed by atoms with van der Waals surface area (Å²) >= 11 is 0. The van der Waals surface area contributed by atoms with Gasteiger partial charge in [-0.15, -0.1) is 0 Å². The summed E-state index contributed by atoms with van der Waals surface area (Å²) in [5.41, 5.74) is 0.490. The summed E-state index contributed by atoms with van der Waals surface area (Å²) in [6.45, 7) is 0. The molecule has 0 saturated carbocycles. The molecule has 0 aliphatic carbocycles. The van der Waals surface area contributed by atoms with Crippen molar-refractivity contribution in [1.82, 2.24) is 0 Å². The first kappa shape index (κ1) is 12.3. The molecule has 0 unspecified atom stereocenters. The molecule has 4 heteroatoms. The lowest BCUT2D eigenvalue weighted by molar-refractivity contribution is 0.591. The Morgan fingerprint density at radius 3 is 1.89 bits per heavy atom. The Morgan fingerprint density at radius 2 is 1.39 bits per heavy atom. The van der Waals surface area contributed by atoms with Crippen LogP contribution < -0.4 is 0 Å². The molecule has 0 N–H and O–H groups in total. The van der Waals surface area contributed by atoms with Crippen LogP contribution in [0, 0.1) is 11.3 Å². The van der Waals surface area contributed by atoms with E-state index >= 15 is 0 Å².